The molecule has 0 bridgehead atoms. The summed E-state index contributed by atoms with van der Waals surface area (Å²) in [4.78, 5) is 11.4. The number of rotatable bonds is 3. The van der Waals surface area contributed by atoms with E-state index in [4.69, 9.17) is 0 Å². The van der Waals surface area contributed by atoms with Crippen molar-refractivity contribution in [3.63, 3.8) is 0 Å². The van der Waals surface area contributed by atoms with Crippen LogP contribution in [0, 0.1) is 0 Å². The van der Waals surface area contributed by atoms with Crippen LogP contribution in [-0.2, 0) is 0 Å². The molecule has 0 atom stereocenters. The maximum atomic E-state index is 11.4. The van der Waals surface area contributed by atoms with Crippen molar-refractivity contribution in [2.24, 2.45) is 0 Å². The molecule has 0 radical (unpaired) electrons. The lowest BCUT2D eigenvalue weighted by Crippen LogP contribution is -2.12. The number of hydrogen-bond donors (Lipinski definition) is 1. The molecule has 0 aliphatic heterocycles. The molecule has 0 amide bonds. The Morgan fingerprint density at radius 3 is 2.38 bits per heavy atom. The summed E-state index contributed by atoms with van der Waals surface area (Å²) in [5, 5.41) is 17.5. The molecule has 0 saturated heterocycles. The van der Waals surface area contributed by atoms with Crippen LogP contribution in [0.3, 0.4) is 0 Å². The molecule has 2 aromatic rings. The van der Waals surface area contributed by atoms with Crippen molar-refractivity contribution in [2.75, 3.05) is 0 Å². The highest BCUT2D eigenvalue weighted by molar-refractivity contribution is 5.92. The number of aromatic nitrogens is 3. The molecule has 1 aromatic heterocycles. The lowest BCUT2D eigenvalue weighted by molar-refractivity contribution is 0.0691. The van der Waals surface area contributed by atoms with E-state index in [9.17, 15) is 9.90 Å². The fourth-order valence-electron chi connectivity index (χ4n) is 3.06. The standard InChI is InChI=1S/C16H19N3O2/c20-16(21)14-15(12-8-4-3-5-9-12)19(18-17-14)13-10-6-1-2-7-11-13/h3-5,8-9,13H,1-2,6-7,10-11H2,(H,20,21). The first kappa shape index (κ1) is 13.8. The van der Waals surface area contributed by atoms with Gasteiger partial charge in [-0.3, -0.25) is 0 Å². The van der Waals surface area contributed by atoms with Crippen molar-refractivity contribution in [3.8, 4) is 11.3 Å². The summed E-state index contributed by atoms with van der Waals surface area (Å²) in [7, 11) is 0. The number of nitrogens with zero attached hydrogens (tertiary/aromatic N) is 3. The van der Waals surface area contributed by atoms with Gasteiger partial charge in [0.25, 0.3) is 0 Å². The van der Waals surface area contributed by atoms with Crippen LogP contribution in [0.1, 0.15) is 55.1 Å². The van der Waals surface area contributed by atoms with Crippen LogP contribution in [-0.4, -0.2) is 26.1 Å². The Morgan fingerprint density at radius 2 is 1.76 bits per heavy atom. The van der Waals surface area contributed by atoms with E-state index in [1.54, 1.807) is 0 Å². The summed E-state index contributed by atoms with van der Waals surface area (Å²) in [5.74, 6) is -1.02. The third-order valence-electron chi connectivity index (χ3n) is 4.11. The predicted octanol–water partition coefficient (Wildman–Crippen LogP) is 3.54. The highest BCUT2D eigenvalue weighted by atomic mass is 16.4. The maximum absolute atomic E-state index is 11.4. The van der Waals surface area contributed by atoms with Gasteiger partial charge in [-0.15, -0.1) is 5.10 Å². The molecule has 3 rings (SSSR count). The van der Waals surface area contributed by atoms with Crippen LogP contribution < -0.4 is 0 Å². The van der Waals surface area contributed by atoms with Crippen LogP contribution in [0.4, 0.5) is 0 Å². The summed E-state index contributed by atoms with van der Waals surface area (Å²) < 4.78 is 1.84. The summed E-state index contributed by atoms with van der Waals surface area (Å²) in [6.45, 7) is 0. The Labute approximate surface area is 123 Å². The molecule has 5 nitrogen and oxygen atoms in total. The second kappa shape index (κ2) is 6.08. The Bertz CT molecular complexity index is 614. The van der Waals surface area contributed by atoms with Gasteiger partial charge in [-0.05, 0) is 12.8 Å². The van der Waals surface area contributed by atoms with Crippen LogP contribution in [0.15, 0.2) is 30.3 Å². The Balaban J connectivity index is 2.06. The number of hydrogen-bond acceptors (Lipinski definition) is 3. The van der Waals surface area contributed by atoms with E-state index in [0.29, 0.717) is 5.69 Å². The Kier molecular flexibility index (Phi) is 3.99. The minimum atomic E-state index is -1.02. The van der Waals surface area contributed by atoms with Gasteiger partial charge >= 0.3 is 5.97 Å². The Morgan fingerprint density at radius 1 is 1.10 bits per heavy atom. The van der Waals surface area contributed by atoms with Crippen molar-refractivity contribution >= 4 is 5.97 Å². The molecule has 1 aromatic carbocycles. The van der Waals surface area contributed by atoms with Gasteiger partial charge in [-0.25, -0.2) is 9.48 Å². The largest absolute Gasteiger partial charge is 0.476 e. The molecular formula is C16H19N3O2. The fourth-order valence-corrected chi connectivity index (χ4v) is 3.06. The molecule has 110 valence electrons. The molecule has 5 heteroatoms. The second-order valence-corrected chi connectivity index (χ2v) is 5.55. The van der Waals surface area contributed by atoms with Gasteiger partial charge in [0.1, 0.15) is 5.69 Å². The smallest absolute Gasteiger partial charge is 0.358 e. The van der Waals surface area contributed by atoms with E-state index < -0.39 is 5.97 Å². The number of aromatic carboxylic acids is 1. The first-order valence-corrected chi connectivity index (χ1v) is 7.51. The van der Waals surface area contributed by atoms with E-state index in [0.717, 1.165) is 18.4 Å². The first-order chi connectivity index (χ1) is 10.3. The van der Waals surface area contributed by atoms with Gasteiger partial charge in [0, 0.05) is 5.56 Å². The number of carboxylic acids is 1. The topological polar surface area (TPSA) is 68.0 Å². The van der Waals surface area contributed by atoms with Crippen LogP contribution in [0.25, 0.3) is 11.3 Å². The maximum Gasteiger partial charge on any atom is 0.358 e. The quantitative estimate of drug-likeness (QED) is 0.876. The second-order valence-electron chi connectivity index (χ2n) is 5.55. The number of carbonyl (C=O) groups is 1. The lowest BCUT2D eigenvalue weighted by atomic mass is 10.1. The zero-order chi connectivity index (χ0) is 14.7. The van der Waals surface area contributed by atoms with Crippen molar-refractivity contribution in [1.29, 1.82) is 0 Å². The SMILES string of the molecule is O=C(O)c1nnn(C2CCCCCC2)c1-c1ccccc1. The normalized spacial score (nSPS) is 16.6. The van der Waals surface area contributed by atoms with E-state index in [1.165, 1.54) is 25.7 Å². The van der Waals surface area contributed by atoms with Gasteiger partial charge in [0.2, 0.25) is 0 Å². The lowest BCUT2D eigenvalue weighted by Gasteiger charge is -2.17. The average molecular weight is 285 g/mol. The van der Waals surface area contributed by atoms with E-state index in [2.05, 4.69) is 10.3 Å². The highest BCUT2D eigenvalue weighted by Gasteiger charge is 2.25. The summed E-state index contributed by atoms with van der Waals surface area (Å²) >= 11 is 0. The van der Waals surface area contributed by atoms with Gasteiger partial charge in [-0.1, -0.05) is 61.2 Å². The third-order valence-corrected chi connectivity index (χ3v) is 4.11. The minimum absolute atomic E-state index is 0.0467. The van der Waals surface area contributed by atoms with Gasteiger partial charge in [-0.2, -0.15) is 0 Å². The average Bonchev–Trinajstić information content (AvgIpc) is 2.77. The molecular weight excluding hydrogens is 266 g/mol. The van der Waals surface area contributed by atoms with Crippen molar-refractivity contribution in [2.45, 2.75) is 44.6 Å². The first-order valence-electron chi connectivity index (χ1n) is 7.51. The van der Waals surface area contributed by atoms with Crippen LogP contribution in [0.5, 0.6) is 0 Å². The minimum Gasteiger partial charge on any atom is -0.476 e. The molecule has 0 unspecified atom stereocenters. The highest BCUT2D eigenvalue weighted by Crippen LogP contribution is 2.32. The molecule has 1 N–H and O–H groups in total. The molecule has 1 saturated carbocycles. The van der Waals surface area contributed by atoms with Gasteiger partial charge < -0.3 is 5.11 Å². The molecule has 1 aliphatic rings. The number of carboxylic acid groups (broad SMARTS) is 1. The monoisotopic (exact) mass is 285 g/mol. The van der Waals surface area contributed by atoms with E-state index in [-0.39, 0.29) is 11.7 Å². The van der Waals surface area contributed by atoms with Crippen LogP contribution >= 0.6 is 0 Å². The van der Waals surface area contributed by atoms with E-state index >= 15 is 0 Å². The molecule has 1 aliphatic carbocycles. The molecule has 1 fully saturated rings. The van der Waals surface area contributed by atoms with Crippen molar-refractivity contribution in [1.82, 2.24) is 15.0 Å². The van der Waals surface area contributed by atoms with Crippen molar-refractivity contribution in [3.05, 3.63) is 36.0 Å². The molecule has 21 heavy (non-hydrogen) atoms. The summed E-state index contributed by atoms with van der Waals surface area (Å²) in [5.41, 5.74) is 1.55. The van der Waals surface area contributed by atoms with Crippen molar-refractivity contribution < 1.29 is 9.90 Å². The van der Waals surface area contributed by atoms with Crippen LogP contribution in [0.2, 0.25) is 0 Å². The summed E-state index contributed by atoms with van der Waals surface area (Å²) in [6, 6.07) is 9.82. The number of benzene rings is 1. The zero-order valence-electron chi connectivity index (χ0n) is 11.9. The molecule has 1 heterocycles. The predicted molar refractivity (Wildman–Crippen MR) is 79.2 cm³/mol. The fraction of sp³-hybridized carbons (Fsp3) is 0.438. The zero-order valence-corrected chi connectivity index (χ0v) is 11.9. The summed E-state index contributed by atoms with van der Waals surface area (Å²) in [6.07, 6.45) is 6.92. The third kappa shape index (κ3) is 2.82. The van der Waals surface area contributed by atoms with Gasteiger partial charge in [0.05, 0.1) is 6.04 Å². The van der Waals surface area contributed by atoms with Gasteiger partial charge in [0.15, 0.2) is 5.69 Å². The Hall–Kier alpha value is -2.17. The molecule has 0 spiro atoms. The van der Waals surface area contributed by atoms with E-state index in [1.807, 2.05) is 35.0 Å².